The van der Waals surface area contributed by atoms with Crippen molar-refractivity contribution in [2.45, 2.75) is 84.0 Å². The first kappa shape index (κ1) is 21.9. The van der Waals surface area contributed by atoms with Crippen LogP contribution >= 0.6 is 0 Å². The van der Waals surface area contributed by atoms with E-state index in [1.807, 2.05) is 0 Å². The van der Waals surface area contributed by atoms with E-state index in [1.165, 1.54) is 58.5 Å². The molecule has 3 heteroatoms. The van der Waals surface area contributed by atoms with Crippen LogP contribution in [0.25, 0.3) is 0 Å². The van der Waals surface area contributed by atoms with E-state index in [2.05, 4.69) is 36.0 Å². The number of hydrogen-bond donors (Lipinski definition) is 0. The lowest BCUT2D eigenvalue weighted by molar-refractivity contribution is -0.154. The molecule has 23 heavy (non-hydrogen) atoms. The summed E-state index contributed by atoms with van der Waals surface area (Å²) in [5, 5.41) is 0. The Bertz CT molecular complexity index is 308. The normalized spacial score (nSPS) is 11.6. The third kappa shape index (κ3) is 18.9. The van der Waals surface area contributed by atoms with Crippen molar-refractivity contribution < 1.29 is 14.3 Å². The highest BCUT2D eigenvalue weighted by Crippen LogP contribution is 2.08. The summed E-state index contributed by atoms with van der Waals surface area (Å²) < 4.78 is 9.52. The number of hydrogen-bond acceptors (Lipinski definition) is 3. The van der Waals surface area contributed by atoms with E-state index in [9.17, 15) is 4.79 Å². The standard InChI is InChI=1S/C20H36O3/c1-3-4-5-6-7-8-9-10-11-12-13-14-15-16-17-18-20(21)23-19-22-2/h7-8,10-11H,3-6,9,12-19H2,1-2H3/b8-7-,11-10-. The third-order valence-electron chi connectivity index (χ3n) is 3.67. The summed E-state index contributed by atoms with van der Waals surface area (Å²) in [6.07, 6.45) is 22.8. The van der Waals surface area contributed by atoms with Crippen molar-refractivity contribution in [2.24, 2.45) is 0 Å². The van der Waals surface area contributed by atoms with Gasteiger partial charge in [-0.3, -0.25) is 4.79 Å². The molecular formula is C20H36O3. The minimum absolute atomic E-state index is 0.0685. The van der Waals surface area contributed by atoms with E-state index < -0.39 is 0 Å². The van der Waals surface area contributed by atoms with Crippen LogP contribution in [0.4, 0.5) is 0 Å². The van der Waals surface area contributed by atoms with Crippen molar-refractivity contribution in [3.05, 3.63) is 24.3 Å². The predicted octanol–water partition coefficient (Wildman–Crippen LogP) is 5.95. The van der Waals surface area contributed by atoms with Crippen LogP contribution in [0.2, 0.25) is 0 Å². The fourth-order valence-corrected chi connectivity index (χ4v) is 2.28. The highest BCUT2D eigenvalue weighted by Gasteiger charge is 2.01. The minimum atomic E-state index is -0.155. The molecule has 0 fully saturated rings. The highest BCUT2D eigenvalue weighted by molar-refractivity contribution is 5.69. The number of carbonyl (C=O) groups is 1. The number of ether oxygens (including phenoxy) is 2. The Kier molecular flexibility index (Phi) is 18.1. The van der Waals surface area contributed by atoms with E-state index in [4.69, 9.17) is 4.74 Å². The summed E-state index contributed by atoms with van der Waals surface area (Å²) in [7, 11) is 1.52. The average molecular weight is 325 g/mol. The van der Waals surface area contributed by atoms with Gasteiger partial charge in [0, 0.05) is 13.5 Å². The second-order valence-electron chi connectivity index (χ2n) is 5.90. The Balaban J connectivity index is 3.23. The molecule has 3 nitrogen and oxygen atoms in total. The van der Waals surface area contributed by atoms with E-state index in [0.717, 1.165) is 19.3 Å². The monoisotopic (exact) mass is 324 g/mol. The SMILES string of the molecule is CCCCC/C=C\C/C=C\CCCCCCCC(=O)OCOC. The van der Waals surface area contributed by atoms with E-state index in [1.54, 1.807) is 0 Å². The Morgan fingerprint density at radius 2 is 1.43 bits per heavy atom. The summed E-state index contributed by atoms with van der Waals surface area (Å²) in [5.41, 5.74) is 0. The van der Waals surface area contributed by atoms with Crippen molar-refractivity contribution in [2.75, 3.05) is 13.9 Å². The van der Waals surface area contributed by atoms with Crippen LogP contribution in [0, 0.1) is 0 Å². The topological polar surface area (TPSA) is 35.5 Å². The molecule has 0 atom stereocenters. The van der Waals surface area contributed by atoms with Gasteiger partial charge in [0.15, 0.2) is 6.79 Å². The van der Waals surface area contributed by atoms with Gasteiger partial charge in [-0.15, -0.1) is 0 Å². The molecule has 0 aliphatic heterocycles. The van der Waals surface area contributed by atoms with Crippen molar-refractivity contribution >= 4 is 5.97 Å². The van der Waals surface area contributed by atoms with Crippen molar-refractivity contribution in [3.8, 4) is 0 Å². The molecule has 0 saturated carbocycles. The van der Waals surface area contributed by atoms with Crippen LogP contribution < -0.4 is 0 Å². The molecular weight excluding hydrogens is 288 g/mol. The van der Waals surface area contributed by atoms with Crippen molar-refractivity contribution in [3.63, 3.8) is 0 Å². The second kappa shape index (κ2) is 19.0. The van der Waals surface area contributed by atoms with Crippen LogP contribution in [0.1, 0.15) is 84.0 Å². The number of rotatable bonds is 16. The summed E-state index contributed by atoms with van der Waals surface area (Å²) in [6, 6.07) is 0. The first-order valence-electron chi connectivity index (χ1n) is 9.25. The zero-order valence-electron chi connectivity index (χ0n) is 15.2. The molecule has 0 aliphatic carbocycles. The largest absolute Gasteiger partial charge is 0.438 e. The molecule has 0 aromatic heterocycles. The van der Waals surface area contributed by atoms with Crippen molar-refractivity contribution in [1.82, 2.24) is 0 Å². The van der Waals surface area contributed by atoms with Crippen LogP contribution in [-0.4, -0.2) is 19.9 Å². The number of esters is 1. The van der Waals surface area contributed by atoms with Gasteiger partial charge in [0.25, 0.3) is 0 Å². The van der Waals surface area contributed by atoms with Gasteiger partial charge in [-0.1, -0.05) is 63.3 Å². The molecule has 0 bridgehead atoms. The second-order valence-corrected chi connectivity index (χ2v) is 5.90. The lowest BCUT2D eigenvalue weighted by Gasteiger charge is -2.03. The first-order valence-corrected chi connectivity index (χ1v) is 9.25. The lowest BCUT2D eigenvalue weighted by atomic mass is 10.1. The summed E-state index contributed by atoms with van der Waals surface area (Å²) in [4.78, 5) is 11.2. The molecule has 0 unspecified atom stereocenters. The van der Waals surface area contributed by atoms with Crippen molar-refractivity contribution in [1.29, 1.82) is 0 Å². The molecule has 0 rings (SSSR count). The third-order valence-corrected chi connectivity index (χ3v) is 3.67. The number of unbranched alkanes of at least 4 members (excludes halogenated alkanes) is 8. The van der Waals surface area contributed by atoms with E-state index in [-0.39, 0.29) is 12.8 Å². The first-order chi connectivity index (χ1) is 11.3. The van der Waals surface area contributed by atoms with Crippen LogP contribution in [-0.2, 0) is 14.3 Å². The van der Waals surface area contributed by atoms with Gasteiger partial charge in [0.1, 0.15) is 0 Å². The zero-order valence-corrected chi connectivity index (χ0v) is 15.2. The average Bonchev–Trinajstić information content (AvgIpc) is 2.56. The summed E-state index contributed by atoms with van der Waals surface area (Å²) in [5.74, 6) is -0.155. The summed E-state index contributed by atoms with van der Waals surface area (Å²) in [6.45, 7) is 2.31. The molecule has 0 spiro atoms. The Morgan fingerprint density at radius 1 is 0.826 bits per heavy atom. The van der Waals surface area contributed by atoms with E-state index in [0.29, 0.717) is 6.42 Å². The maximum absolute atomic E-state index is 11.2. The highest BCUT2D eigenvalue weighted by atomic mass is 16.7. The molecule has 0 aromatic carbocycles. The van der Waals surface area contributed by atoms with Gasteiger partial charge in [-0.05, 0) is 38.5 Å². The Morgan fingerprint density at radius 3 is 2.09 bits per heavy atom. The van der Waals surface area contributed by atoms with Crippen LogP contribution in [0.5, 0.6) is 0 Å². The zero-order chi connectivity index (χ0) is 17.0. The number of methoxy groups -OCH3 is 1. The lowest BCUT2D eigenvalue weighted by Crippen LogP contribution is -2.06. The Hall–Kier alpha value is -1.09. The van der Waals surface area contributed by atoms with Gasteiger partial charge >= 0.3 is 5.97 Å². The quantitative estimate of drug-likeness (QED) is 0.152. The maximum Gasteiger partial charge on any atom is 0.307 e. The fourth-order valence-electron chi connectivity index (χ4n) is 2.28. The molecule has 0 aromatic rings. The molecule has 0 heterocycles. The molecule has 0 amide bonds. The Labute approximate surface area is 143 Å². The molecule has 0 saturated heterocycles. The van der Waals surface area contributed by atoms with Gasteiger partial charge in [-0.25, -0.2) is 0 Å². The molecule has 0 aliphatic rings. The van der Waals surface area contributed by atoms with Gasteiger partial charge in [0.05, 0.1) is 0 Å². The summed E-state index contributed by atoms with van der Waals surface area (Å²) >= 11 is 0. The molecule has 0 N–H and O–H groups in total. The molecule has 134 valence electrons. The smallest absolute Gasteiger partial charge is 0.307 e. The van der Waals surface area contributed by atoms with E-state index >= 15 is 0 Å². The maximum atomic E-state index is 11.2. The predicted molar refractivity (Wildman–Crippen MR) is 97.3 cm³/mol. The fraction of sp³-hybridized carbons (Fsp3) is 0.750. The van der Waals surface area contributed by atoms with Crippen LogP contribution in [0.3, 0.4) is 0 Å². The van der Waals surface area contributed by atoms with Gasteiger partial charge in [-0.2, -0.15) is 0 Å². The van der Waals surface area contributed by atoms with Gasteiger partial charge in [0.2, 0.25) is 0 Å². The number of carbonyl (C=O) groups excluding carboxylic acids is 1. The minimum Gasteiger partial charge on any atom is -0.438 e. The van der Waals surface area contributed by atoms with Gasteiger partial charge < -0.3 is 9.47 Å². The number of allylic oxidation sites excluding steroid dienone is 4. The van der Waals surface area contributed by atoms with Crippen LogP contribution in [0.15, 0.2) is 24.3 Å². The molecule has 0 radical (unpaired) electrons.